The number of fused-ring (bicyclic) bond motifs is 3. The van der Waals surface area contributed by atoms with E-state index in [0.717, 1.165) is 0 Å². The van der Waals surface area contributed by atoms with Crippen LogP contribution < -0.4 is 13.6 Å². The summed E-state index contributed by atoms with van der Waals surface area (Å²) in [4.78, 5) is 0. The van der Waals surface area contributed by atoms with Crippen molar-refractivity contribution in [3.05, 3.63) is 143 Å². The molecule has 0 saturated carbocycles. The second kappa shape index (κ2) is 21.3. The summed E-state index contributed by atoms with van der Waals surface area (Å²) in [5, 5.41) is 117. The van der Waals surface area contributed by atoms with E-state index in [-0.39, 0.29) is 84.0 Å². The van der Waals surface area contributed by atoms with Gasteiger partial charge in [-0.1, -0.05) is 174 Å². The van der Waals surface area contributed by atoms with Crippen LogP contribution in [0, 0.1) is 0 Å². The van der Waals surface area contributed by atoms with E-state index in [2.05, 4.69) is 0 Å². The van der Waals surface area contributed by atoms with Crippen LogP contribution in [0.25, 0.3) is 65.7 Å². The maximum atomic E-state index is 17.4. The lowest BCUT2D eigenvalue weighted by molar-refractivity contribution is 0.280. The van der Waals surface area contributed by atoms with E-state index in [9.17, 15) is 46.0 Å². The average Bonchev–Trinajstić information content (AvgIpc) is 3.57. The van der Waals surface area contributed by atoms with E-state index in [0.29, 0.717) is 32.3 Å². The molecule has 0 aromatic heterocycles. The molecule has 9 N–H and O–H groups in total. The molecule has 0 heterocycles. The summed E-state index contributed by atoms with van der Waals surface area (Å²) in [6, 6.07) is 30.0. The van der Waals surface area contributed by atoms with Crippen LogP contribution >= 0.6 is 7.82 Å². The maximum Gasteiger partial charge on any atom is 0.647 e. The summed E-state index contributed by atoms with van der Waals surface area (Å²) in [6.45, 7) is 21.5. The van der Waals surface area contributed by atoms with Gasteiger partial charge in [0, 0.05) is 50.1 Å². The van der Waals surface area contributed by atoms with Crippen LogP contribution in [0.15, 0.2) is 109 Å². The number of phosphoric acid groups is 1. The van der Waals surface area contributed by atoms with Crippen LogP contribution in [0.4, 0.5) is 0 Å². The van der Waals surface area contributed by atoms with Crippen LogP contribution in [0.1, 0.15) is 152 Å². The normalized spacial score (nSPS) is 12.2. The minimum atomic E-state index is -6.02. The van der Waals surface area contributed by atoms with Crippen molar-refractivity contribution >= 4 is 40.1 Å². The summed E-state index contributed by atoms with van der Waals surface area (Å²) in [5.74, 6) is -9.77. The predicted molar refractivity (Wildman–Crippen MR) is 317 cm³/mol. The van der Waals surface area contributed by atoms with Gasteiger partial charge in [0.25, 0.3) is 0 Å². The van der Waals surface area contributed by atoms with Gasteiger partial charge < -0.3 is 59.5 Å². The summed E-state index contributed by atoms with van der Waals surface area (Å²) in [5.41, 5.74) is 0.132. The predicted octanol–water partition coefficient (Wildman–Crippen LogP) is 17.9. The average molecular weight is 1100 g/mol. The van der Waals surface area contributed by atoms with Gasteiger partial charge in [0.1, 0.15) is 34.5 Å². The molecule has 80 heavy (non-hydrogen) atoms. The molecule has 14 heteroatoms. The lowest BCUT2D eigenvalue weighted by Gasteiger charge is -2.30. The number of aromatic hydroxyl groups is 9. The van der Waals surface area contributed by atoms with E-state index in [4.69, 9.17) is 13.6 Å². The molecule has 0 fully saturated rings. The smallest absolute Gasteiger partial charge is 0.507 e. The molecule has 0 atom stereocenters. The first kappa shape index (κ1) is 56.3. The largest absolute Gasteiger partial charge is 0.647 e. The molecular weight excluding hydrogens is 1030 g/mol. The summed E-state index contributed by atoms with van der Waals surface area (Å²) < 4.78 is 37.7. The zero-order valence-electron chi connectivity index (χ0n) is 47.0. The molecule has 9 aromatic rings. The van der Waals surface area contributed by atoms with Crippen LogP contribution in [0.2, 0.25) is 0 Å². The van der Waals surface area contributed by atoms with Crippen molar-refractivity contribution in [1.29, 1.82) is 0 Å². The highest BCUT2D eigenvalue weighted by Crippen LogP contribution is 2.67. The second-order valence-corrected chi connectivity index (χ2v) is 23.8. The number of phenols is 9. The van der Waals surface area contributed by atoms with Crippen molar-refractivity contribution in [3.8, 4) is 102 Å². The topological polar surface area (TPSA) is 227 Å². The van der Waals surface area contributed by atoms with Gasteiger partial charge in [0.15, 0.2) is 34.5 Å². The summed E-state index contributed by atoms with van der Waals surface area (Å²) in [6.07, 6.45) is 0. The fourth-order valence-corrected chi connectivity index (χ4v) is 13.0. The molecule has 9 rings (SSSR count). The van der Waals surface area contributed by atoms with Crippen molar-refractivity contribution in [2.75, 3.05) is 0 Å². The number of hydrogen-bond donors (Lipinski definition) is 9. The lowest BCUT2D eigenvalue weighted by atomic mass is 9.84. The minimum absolute atomic E-state index is 0.0508. The Morgan fingerprint density at radius 3 is 0.725 bits per heavy atom. The first-order valence-corrected chi connectivity index (χ1v) is 28.4. The van der Waals surface area contributed by atoms with Crippen LogP contribution in [-0.4, -0.2) is 46.0 Å². The third-order valence-electron chi connectivity index (χ3n) is 15.0. The Labute approximate surface area is 465 Å². The van der Waals surface area contributed by atoms with Gasteiger partial charge in [0.05, 0.1) is 16.7 Å². The van der Waals surface area contributed by atoms with Gasteiger partial charge >= 0.3 is 7.82 Å². The molecule has 0 aliphatic rings. The van der Waals surface area contributed by atoms with E-state index < -0.39 is 95.1 Å². The molecule has 9 aromatic carbocycles. The number of rotatable bonds is 15. The van der Waals surface area contributed by atoms with E-state index in [1.54, 1.807) is 133 Å². The zero-order valence-corrected chi connectivity index (χ0v) is 47.9. The third kappa shape index (κ3) is 9.40. The first-order chi connectivity index (χ1) is 37.8. The van der Waals surface area contributed by atoms with Crippen LogP contribution in [-0.2, 0) is 4.57 Å². The van der Waals surface area contributed by atoms with E-state index in [1.165, 1.54) is 18.2 Å². The molecule has 0 aliphatic carbocycles. The standard InChI is InChI=1S/C66H69O13P/c1-31(2)46-49(34(7)8)61(73)64(55(58(46)70)52-40-22-16-13-19-37(40)25-28-43(52)67)77-80(76,78-65-56(53-41-23-17-14-20-38(41)26-29-44(53)68)59(71)47(32(3)4)50(35(9)10)62(65)74)79-66-57(54-42-24-18-15-21-39(42)27-30-45(54)69)60(72)48(33(5)6)51(36(11)12)63(66)75/h13-36,67-75H,1-12H3. The Morgan fingerprint density at radius 2 is 0.500 bits per heavy atom. The van der Waals surface area contributed by atoms with E-state index >= 15 is 4.57 Å². The Bertz CT molecular complexity index is 3580. The molecule has 0 saturated heterocycles. The summed E-state index contributed by atoms with van der Waals surface area (Å²) in [7, 11) is -6.02. The van der Waals surface area contributed by atoms with Crippen molar-refractivity contribution in [1.82, 2.24) is 0 Å². The van der Waals surface area contributed by atoms with Gasteiger partial charge in [-0.2, -0.15) is 4.57 Å². The van der Waals surface area contributed by atoms with Crippen LogP contribution in [0.5, 0.6) is 69.0 Å². The van der Waals surface area contributed by atoms with E-state index in [1.807, 2.05) is 41.5 Å². The quantitative estimate of drug-likeness (QED) is 0.0344. The Hall–Kier alpha value is -8.41. The molecule has 416 valence electrons. The Balaban J connectivity index is 1.49. The van der Waals surface area contributed by atoms with Crippen molar-refractivity contribution in [2.24, 2.45) is 0 Å². The molecule has 0 unspecified atom stereocenters. The van der Waals surface area contributed by atoms with Crippen molar-refractivity contribution in [3.63, 3.8) is 0 Å². The number of phosphoric ester groups is 1. The number of phenolic OH excluding ortho intramolecular Hbond substituents is 9. The Kier molecular flexibility index (Phi) is 15.0. The Morgan fingerprint density at radius 1 is 0.287 bits per heavy atom. The fourth-order valence-electron chi connectivity index (χ4n) is 11.6. The molecule has 0 aliphatic heterocycles. The third-order valence-corrected chi connectivity index (χ3v) is 16.2. The van der Waals surface area contributed by atoms with Crippen molar-refractivity contribution < 1.29 is 64.1 Å². The van der Waals surface area contributed by atoms with Gasteiger partial charge in [0.2, 0.25) is 0 Å². The SMILES string of the molecule is CC(C)c1c(O)c(OP(=O)(Oc2c(O)c(C(C)C)c(C(C)C)c(O)c2-c2c(O)ccc3ccccc23)Oc2c(O)c(C(C)C)c(C(C)C)c(O)c2-c2c(O)ccc3ccccc23)c(-c2c(O)ccc3ccccc23)c(O)c1C(C)C. The van der Waals surface area contributed by atoms with Gasteiger partial charge in [-0.05, 0) is 86.0 Å². The minimum Gasteiger partial charge on any atom is -0.507 e. The number of hydrogen-bond acceptors (Lipinski definition) is 13. The molecule has 0 amide bonds. The highest BCUT2D eigenvalue weighted by molar-refractivity contribution is 7.49. The molecule has 0 bridgehead atoms. The lowest BCUT2D eigenvalue weighted by Crippen LogP contribution is -2.13. The number of benzene rings is 9. The van der Waals surface area contributed by atoms with Gasteiger partial charge in [-0.25, -0.2) is 0 Å². The summed E-state index contributed by atoms with van der Waals surface area (Å²) >= 11 is 0. The second-order valence-electron chi connectivity index (χ2n) is 22.4. The monoisotopic (exact) mass is 1100 g/mol. The first-order valence-electron chi connectivity index (χ1n) is 27.0. The molecular formula is C66H69O13P. The highest BCUT2D eigenvalue weighted by Gasteiger charge is 2.45. The van der Waals surface area contributed by atoms with Crippen molar-refractivity contribution in [2.45, 2.75) is 119 Å². The van der Waals surface area contributed by atoms with Crippen LogP contribution in [0.3, 0.4) is 0 Å². The molecule has 0 radical (unpaired) electrons. The molecule has 13 nitrogen and oxygen atoms in total. The maximum absolute atomic E-state index is 17.4. The highest BCUT2D eigenvalue weighted by atomic mass is 31.2. The van der Waals surface area contributed by atoms with Gasteiger partial charge in [-0.3, -0.25) is 0 Å². The zero-order chi connectivity index (χ0) is 58.1. The fraction of sp³-hybridized carbons (Fsp3) is 0.273. The van der Waals surface area contributed by atoms with Gasteiger partial charge in [-0.15, -0.1) is 0 Å². The molecule has 0 spiro atoms.